The molecule has 4 unspecified atom stereocenters. The summed E-state index contributed by atoms with van der Waals surface area (Å²) >= 11 is 0. The molecule has 1 heteroatoms. The van der Waals surface area contributed by atoms with Crippen LogP contribution in [0.5, 0.6) is 0 Å². The van der Waals surface area contributed by atoms with E-state index in [2.05, 4.69) is 6.58 Å². The topological polar surface area (TPSA) is 9.23 Å². The maximum absolute atomic E-state index is 5.64. The zero-order chi connectivity index (χ0) is 6.72. The first-order chi connectivity index (χ1) is 4.84. The van der Waals surface area contributed by atoms with Gasteiger partial charge in [-0.05, 0) is 31.1 Å². The van der Waals surface area contributed by atoms with Crippen LogP contribution in [0.3, 0.4) is 0 Å². The number of hydrogen-bond donors (Lipinski definition) is 0. The lowest BCUT2D eigenvalue weighted by Gasteiger charge is -2.37. The molecule has 0 aromatic heterocycles. The molecule has 10 heavy (non-hydrogen) atoms. The van der Waals surface area contributed by atoms with Gasteiger partial charge in [0.2, 0.25) is 0 Å². The predicted molar refractivity (Wildman–Crippen MR) is 38.3 cm³/mol. The second-order valence-corrected chi connectivity index (χ2v) is 3.96. The molecule has 0 spiro atoms. The summed E-state index contributed by atoms with van der Waals surface area (Å²) < 4.78 is 5.64. The highest BCUT2D eigenvalue weighted by atomic mass is 16.5. The summed E-state index contributed by atoms with van der Waals surface area (Å²) in [6, 6.07) is 0. The Bertz CT molecular complexity index is 195. The maximum Gasteiger partial charge on any atom is 0.101 e. The van der Waals surface area contributed by atoms with Gasteiger partial charge in [0.1, 0.15) is 6.10 Å². The summed E-state index contributed by atoms with van der Waals surface area (Å²) in [6.07, 6.45) is 4.71. The first-order valence-corrected chi connectivity index (χ1v) is 4.20. The van der Waals surface area contributed by atoms with Crippen LogP contribution in [0.4, 0.5) is 0 Å². The predicted octanol–water partition coefficient (Wildman–Crippen LogP) is 1.95. The molecule has 0 N–H and O–H groups in total. The smallest absolute Gasteiger partial charge is 0.101 e. The zero-order valence-corrected chi connectivity index (χ0v) is 6.05. The highest BCUT2D eigenvalue weighted by Crippen LogP contribution is 2.56. The van der Waals surface area contributed by atoms with Crippen molar-refractivity contribution in [2.24, 2.45) is 17.8 Å². The first kappa shape index (κ1) is 5.22. The van der Waals surface area contributed by atoms with E-state index in [1.807, 2.05) is 0 Å². The Morgan fingerprint density at radius 3 is 2.60 bits per heavy atom. The quantitative estimate of drug-likeness (QED) is 0.494. The maximum atomic E-state index is 5.64. The summed E-state index contributed by atoms with van der Waals surface area (Å²) in [5.41, 5.74) is 0. The Labute approximate surface area is 61.1 Å². The molecule has 1 nitrogen and oxygen atoms in total. The number of hydrogen-bond acceptors (Lipinski definition) is 1. The second-order valence-electron chi connectivity index (χ2n) is 3.96. The van der Waals surface area contributed by atoms with Gasteiger partial charge >= 0.3 is 0 Å². The van der Waals surface area contributed by atoms with Gasteiger partial charge in [-0.1, -0.05) is 6.58 Å². The fourth-order valence-corrected chi connectivity index (χ4v) is 3.04. The summed E-state index contributed by atoms with van der Waals surface area (Å²) in [4.78, 5) is 0. The molecule has 0 aromatic rings. The van der Waals surface area contributed by atoms with Gasteiger partial charge in [-0.3, -0.25) is 0 Å². The SMILES string of the molecule is C=C1OC2CC3CC2CC13. The molecule has 0 radical (unpaired) electrons. The first-order valence-electron chi connectivity index (χ1n) is 4.20. The lowest BCUT2D eigenvalue weighted by Crippen LogP contribution is -2.33. The highest BCUT2D eigenvalue weighted by Gasteiger charge is 2.52. The molecule has 54 valence electrons. The van der Waals surface area contributed by atoms with Crippen LogP contribution >= 0.6 is 0 Å². The van der Waals surface area contributed by atoms with E-state index >= 15 is 0 Å². The molecule has 2 saturated carbocycles. The number of allylic oxidation sites excluding steroid dienone is 1. The zero-order valence-electron chi connectivity index (χ0n) is 6.05. The molecule has 4 aliphatic rings. The van der Waals surface area contributed by atoms with Crippen LogP contribution in [0.25, 0.3) is 0 Å². The number of rotatable bonds is 0. The molecular weight excluding hydrogens is 124 g/mol. The molecule has 4 rings (SSSR count). The molecule has 2 saturated heterocycles. The summed E-state index contributed by atoms with van der Waals surface area (Å²) in [5.74, 6) is 3.70. The molecule has 2 aliphatic heterocycles. The third-order valence-corrected chi connectivity index (χ3v) is 3.51. The minimum atomic E-state index is 0.572. The van der Waals surface area contributed by atoms with Gasteiger partial charge in [-0.2, -0.15) is 0 Å². The van der Waals surface area contributed by atoms with Gasteiger partial charge in [-0.15, -0.1) is 0 Å². The Morgan fingerprint density at radius 2 is 2.10 bits per heavy atom. The fraction of sp³-hybridized carbons (Fsp3) is 0.778. The minimum absolute atomic E-state index is 0.572. The van der Waals surface area contributed by atoms with Gasteiger partial charge < -0.3 is 4.74 Å². The third kappa shape index (κ3) is 0.425. The van der Waals surface area contributed by atoms with E-state index in [0.717, 1.165) is 23.5 Å². The molecule has 4 fully saturated rings. The van der Waals surface area contributed by atoms with Crippen molar-refractivity contribution in [3.05, 3.63) is 12.3 Å². The normalized spacial score (nSPS) is 55.8. The van der Waals surface area contributed by atoms with E-state index in [9.17, 15) is 0 Å². The van der Waals surface area contributed by atoms with Crippen molar-refractivity contribution < 1.29 is 4.74 Å². The lowest BCUT2D eigenvalue weighted by molar-refractivity contribution is -0.0119. The van der Waals surface area contributed by atoms with Gasteiger partial charge in [0.05, 0.1) is 5.76 Å². The van der Waals surface area contributed by atoms with Crippen LogP contribution in [0.1, 0.15) is 19.3 Å². The van der Waals surface area contributed by atoms with Gasteiger partial charge in [0.25, 0.3) is 0 Å². The Morgan fingerprint density at radius 1 is 1.20 bits per heavy atom. The van der Waals surface area contributed by atoms with Gasteiger partial charge in [-0.25, -0.2) is 0 Å². The lowest BCUT2D eigenvalue weighted by atomic mass is 9.83. The van der Waals surface area contributed by atoms with Gasteiger partial charge in [0.15, 0.2) is 0 Å². The van der Waals surface area contributed by atoms with E-state index in [1.165, 1.54) is 19.3 Å². The Kier molecular flexibility index (Phi) is 0.738. The van der Waals surface area contributed by atoms with Crippen molar-refractivity contribution >= 4 is 0 Å². The number of ether oxygens (including phenoxy) is 1. The molecule has 2 heterocycles. The van der Waals surface area contributed by atoms with Crippen molar-refractivity contribution in [3.63, 3.8) is 0 Å². The van der Waals surface area contributed by atoms with Crippen LogP contribution < -0.4 is 0 Å². The minimum Gasteiger partial charge on any atom is -0.495 e. The van der Waals surface area contributed by atoms with Crippen molar-refractivity contribution in [2.45, 2.75) is 25.4 Å². The van der Waals surface area contributed by atoms with Crippen LogP contribution in [-0.2, 0) is 4.74 Å². The monoisotopic (exact) mass is 136 g/mol. The fourth-order valence-electron chi connectivity index (χ4n) is 3.04. The van der Waals surface area contributed by atoms with E-state index in [1.54, 1.807) is 0 Å². The van der Waals surface area contributed by atoms with Crippen molar-refractivity contribution in [1.29, 1.82) is 0 Å². The summed E-state index contributed by atoms with van der Waals surface area (Å²) in [5, 5.41) is 0. The third-order valence-electron chi connectivity index (χ3n) is 3.51. The average Bonchev–Trinajstić information content (AvgIpc) is 2.41. The van der Waals surface area contributed by atoms with Crippen LogP contribution in [0.2, 0.25) is 0 Å². The summed E-state index contributed by atoms with van der Waals surface area (Å²) in [6.45, 7) is 3.95. The van der Waals surface area contributed by atoms with Crippen molar-refractivity contribution in [2.75, 3.05) is 0 Å². The Hall–Kier alpha value is -0.460. The Balaban J connectivity index is 2.05. The van der Waals surface area contributed by atoms with Crippen molar-refractivity contribution in [3.8, 4) is 0 Å². The standard InChI is InChI=1S/C9H12O/c1-5-8-3-7-2-6(8)4-9(7)10-5/h6-9H,1-4H2. The molecule has 4 atom stereocenters. The number of fused-ring (bicyclic) bond motifs is 1. The molecule has 0 aromatic carbocycles. The van der Waals surface area contributed by atoms with E-state index in [-0.39, 0.29) is 0 Å². The van der Waals surface area contributed by atoms with E-state index in [0.29, 0.717) is 6.10 Å². The largest absolute Gasteiger partial charge is 0.495 e. The molecular formula is C9H12O. The summed E-state index contributed by atoms with van der Waals surface area (Å²) in [7, 11) is 0. The molecule has 4 bridgehead atoms. The van der Waals surface area contributed by atoms with Crippen molar-refractivity contribution in [1.82, 2.24) is 0 Å². The van der Waals surface area contributed by atoms with Gasteiger partial charge in [0, 0.05) is 5.92 Å². The van der Waals surface area contributed by atoms with Crippen LogP contribution in [0.15, 0.2) is 12.3 Å². The van der Waals surface area contributed by atoms with E-state index in [4.69, 9.17) is 4.74 Å². The second kappa shape index (κ2) is 1.41. The van der Waals surface area contributed by atoms with E-state index < -0.39 is 0 Å². The molecule has 0 amide bonds. The van der Waals surface area contributed by atoms with Crippen LogP contribution in [0, 0.1) is 17.8 Å². The highest BCUT2D eigenvalue weighted by molar-refractivity contribution is 5.12. The van der Waals surface area contributed by atoms with Crippen LogP contribution in [-0.4, -0.2) is 6.10 Å². The average molecular weight is 136 g/mol. The molecule has 2 aliphatic carbocycles.